The molecule has 3 N–H and O–H groups in total. The Morgan fingerprint density at radius 1 is 1.05 bits per heavy atom. The maximum absolute atomic E-state index is 10.2. The van der Waals surface area contributed by atoms with Crippen LogP contribution in [-0.4, -0.2) is 15.8 Å². The molecule has 1 aromatic carbocycles. The molecule has 0 amide bonds. The topological polar surface area (TPSA) is 52.5 Å². The lowest BCUT2D eigenvalue weighted by atomic mass is 9.63. The fourth-order valence-corrected chi connectivity index (χ4v) is 2.99. The van der Waals surface area contributed by atoms with Gasteiger partial charge in [0.2, 0.25) is 0 Å². The zero-order valence-corrected chi connectivity index (χ0v) is 14.0. The van der Waals surface area contributed by atoms with Crippen LogP contribution in [0.1, 0.15) is 59.6 Å². The van der Waals surface area contributed by atoms with Crippen molar-refractivity contribution < 1.29 is 10.2 Å². The van der Waals surface area contributed by atoms with E-state index in [1.54, 1.807) is 0 Å². The van der Waals surface area contributed by atoms with Crippen molar-refractivity contribution in [2.75, 3.05) is 5.32 Å². The Morgan fingerprint density at radius 3 is 2.05 bits per heavy atom. The van der Waals surface area contributed by atoms with Gasteiger partial charge in [0.15, 0.2) is 11.5 Å². The number of nitrogens with one attached hydrogen (secondary N) is 1. The molecule has 0 saturated heterocycles. The van der Waals surface area contributed by atoms with E-state index in [0.717, 1.165) is 5.56 Å². The number of hydrogen-bond donors (Lipinski definition) is 3. The molecule has 1 aliphatic heterocycles. The average molecular weight is 279 g/mol. The van der Waals surface area contributed by atoms with Crippen molar-refractivity contribution in [2.45, 2.75) is 66.3 Å². The van der Waals surface area contributed by atoms with Gasteiger partial charge >= 0.3 is 0 Å². The molecule has 0 bridgehead atoms. The second-order valence-electron chi connectivity index (χ2n) is 6.60. The maximum atomic E-state index is 10.2. The smallest absolute Gasteiger partial charge is 0.181 e. The summed E-state index contributed by atoms with van der Waals surface area (Å²) in [6.45, 7) is 16.7. The predicted molar refractivity (Wildman–Crippen MR) is 85.7 cm³/mol. The second kappa shape index (κ2) is 5.19. The summed E-state index contributed by atoms with van der Waals surface area (Å²) in [6.07, 6.45) is 0. The number of phenolic OH excluding ortho intramolecular Hbond substituents is 2. The average Bonchev–Trinajstić information content (AvgIpc) is 2.39. The normalized spacial score (nSPS) is 22.1. The van der Waals surface area contributed by atoms with Crippen molar-refractivity contribution in [3.8, 4) is 11.5 Å². The molecule has 0 fully saturated rings. The SMILES string of the molecule is CC.Cc1cc2c(c(O)c1O)NC(C)(C)[C@@H](C)C2(C)C. The van der Waals surface area contributed by atoms with Crippen LogP contribution in [-0.2, 0) is 5.41 Å². The number of phenols is 2. The van der Waals surface area contributed by atoms with Crippen molar-refractivity contribution in [2.24, 2.45) is 5.92 Å². The van der Waals surface area contributed by atoms with Gasteiger partial charge in [0.05, 0.1) is 5.69 Å². The third kappa shape index (κ3) is 2.34. The highest BCUT2D eigenvalue weighted by Crippen LogP contribution is 2.52. The molecule has 3 nitrogen and oxygen atoms in total. The first-order valence-electron chi connectivity index (χ1n) is 7.43. The van der Waals surface area contributed by atoms with Gasteiger partial charge in [-0.05, 0) is 49.3 Å². The van der Waals surface area contributed by atoms with E-state index in [2.05, 4.69) is 39.9 Å². The first-order chi connectivity index (χ1) is 9.09. The minimum absolute atomic E-state index is 0.0256. The van der Waals surface area contributed by atoms with Crippen LogP contribution in [0.25, 0.3) is 0 Å². The van der Waals surface area contributed by atoms with Crippen LogP contribution >= 0.6 is 0 Å². The number of fused-ring (bicyclic) bond motifs is 1. The molecule has 20 heavy (non-hydrogen) atoms. The van der Waals surface area contributed by atoms with Gasteiger partial charge in [0.1, 0.15) is 0 Å². The number of anilines is 1. The summed E-state index contributed by atoms with van der Waals surface area (Å²) < 4.78 is 0. The number of hydrogen-bond acceptors (Lipinski definition) is 3. The van der Waals surface area contributed by atoms with Crippen LogP contribution in [0.2, 0.25) is 0 Å². The second-order valence-corrected chi connectivity index (χ2v) is 6.60. The highest BCUT2D eigenvalue weighted by molar-refractivity contribution is 5.73. The first kappa shape index (κ1) is 16.7. The summed E-state index contributed by atoms with van der Waals surface area (Å²) in [6, 6.07) is 1.98. The van der Waals surface area contributed by atoms with E-state index >= 15 is 0 Å². The molecule has 114 valence electrons. The first-order valence-corrected chi connectivity index (χ1v) is 7.43. The lowest BCUT2D eigenvalue weighted by Crippen LogP contribution is -2.51. The molecule has 1 heterocycles. The minimum atomic E-state index is -0.129. The number of benzene rings is 1. The van der Waals surface area contributed by atoms with E-state index in [1.807, 2.05) is 26.8 Å². The van der Waals surface area contributed by atoms with Gasteiger partial charge < -0.3 is 15.5 Å². The summed E-state index contributed by atoms with van der Waals surface area (Å²) >= 11 is 0. The van der Waals surface area contributed by atoms with E-state index < -0.39 is 0 Å². The number of aromatic hydroxyl groups is 2. The number of rotatable bonds is 0. The van der Waals surface area contributed by atoms with E-state index in [0.29, 0.717) is 17.2 Å². The molecule has 0 unspecified atom stereocenters. The summed E-state index contributed by atoms with van der Waals surface area (Å²) in [5.74, 6) is 0.348. The van der Waals surface area contributed by atoms with Crippen LogP contribution in [0, 0.1) is 12.8 Å². The zero-order valence-electron chi connectivity index (χ0n) is 14.0. The van der Waals surface area contributed by atoms with Crippen molar-refractivity contribution >= 4 is 5.69 Å². The van der Waals surface area contributed by atoms with Gasteiger partial charge in [-0.1, -0.05) is 34.6 Å². The molecule has 0 aromatic heterocycles. The Kier molecular flexibility index (Phi) is 4.33. The van der Waals surface area contributed by atoms with Gasteiger partial charge in [0.25, 0.3) is 0 Å². The summed E-state index contributed by atoms with van der Waals surface area (Å²) in [4.78, 5) is 0. The quantitative estimate of drug-likeness (QED) is 0.611. The molecule has 0 radical (unpaired) electrons. The summed E-state index contributed by atoms with van der Waals surface area (Å²) in [5.41, 5.74) is 2.27. The van der Waals surface area contributed by atoms with Crippen LogP contribution in [0.5, 0.6) is 11.5 Å². The Hall–Kier alpha value is -1.38. The van der Waals surface area contributed by atoms with E-state index in [4.69, 9.17) is 0 Å². The molecule has 1 aromatic rings. The van der Waals surface area contributed by atoms with Crippen molar-refractivity contribution in [1.82, 2.24) is 0 Å². The maximum Gasteiger partial charge on any atom is 0.181 e. The lowest BCUT2D eigenvalue weighted by molar-refractivity contribution is 0.228. The van der Waals surface area contributed by atoms with Gasteiger partial charge in [-0.25, -0.2) is 0 Å². The summed E-state index contributed by atoms with van der Waals surface area (Å²) in [7, 11) is 0. The molecular weight excluding hydrogens is 250 g/mol. The molecule has 2 rings (SSSR count). The van der Waals surface area contributed by atoms with Gasteiger partial charge in [0, 0.05) is 5.54 Å². The molecule has 0 spiro atoms. The Labute approximate surface area is 123 Å². The predicted octanol–water partition coefficient (Wildman–Crippen LogP) is 4.55. The van der Waals surface area contributed by atoms with E-state index in [9.17, 15) is 10.2 Å². The van der Waals surface area contributed by atoms with E-state index in [-0.39, 0.29) is 22.5 Å². The number of aryl methyl sites for hydroxylation is 1. The third-order valence-electron chi connectivity index (χ3n) is 4.77. The third-order valence-corrected chi connectivity index (χ3v) is 4.77. The molecule has 3 heteroatoms. The minimum Gasteiger partial charge on any atom is -0.504 e. The van der Waals surface area contributed by atoms with Crippen LogP contribution in [0.3, 0.4) is 0 Å². The Morgan fingerprint density at radius 2 is 1.55 bits per heavy atom. The van der Waals surface area contributed by atoms with E-state index in [1.165, 1.54) is 0 Å². The summed E-state index contributed by atoms with van der Waals surface area (Å²) in [5, 5.41) is 23.4. The Balaban J connectivity index is 0.000000956. The van der Waals surface area contributed by atoms with Gasteiger partial charge in [-0.3, -0.25) is 0 Å². The standard InChI is InChI=1S/C15H23NO2.C2H6/c1-8-7-10-11(13(18)12(8)17)16-15(5,6)9(2)14(10,3)4;1-2/h7,9,16-18H,1-6H3;1-2H3/t9-;/m0./s1. The molecular formula is C17H29NO2. The van der Waals surface area contributed by atoms with Crippen molar-refractivity contribution in [1.29, 1.82) is 0 Å². The van der Waals surface area contributed by atoms with Gasteiger partial charge in [-0.2, -0.15) is 0 Å². The van der Waals surface area contributed by atoms with Gasteiger partial charge in [-0.15, -0.1) is 0 Å². The highest BCUT2D eigenvalue weighted by atomic mass is 16.3. The van der Waals surface area contributed by atoms with Crippen LogP contribution in [0.15, 0.2) is 6.07 Å². The lowest BCUT2D eigenvalue weighted by Gasteiger charge is -2.49. The van der Waals surface area contributed by atoms with Crippen molar-refractivity contribution in [3.63, 3.8) is 0 Å². The monoisotopic (exact) mass is 279 g/mol. The molecule has 0 saturated carbocycles. The van der Waals surface area contributed by atoms with Crippen LogP contribution < -0.4 is 5.32 Å². The Bertz CT molecular complexity index is 504. The molecule has 0 aliphatic carbocycles. The fraction of sp³-hybridized carbons (Fsp3) is 0.647. The van der Waals surface area contributed by atoms with Crippen LogP contribution in [0.4, 0.5) is 5.69 Å². The zero-order chi connectivity index (χ0) is 15.9. The largest absolute Gasteiger partial charge is 0.504 e. The van der Waals surface area contributed by atoms with Crippen molar-refractivity contribution in [3.05, 3.63) is 17.2 Å². The fourth-order valence-electron chi connectivity index (χ4n) is 2.99. The molecule has 1 atom stereocenters. The molecule has 1 aliphatic rings. The highest BCUT2D eigenvalue weighted by Gasteiger charge is 2.45.